The molecule has 0 bridgehead atoms. The largest absolute Gasteiger partial charge is 0.451 e. The Morgan fingerprint density at radius 2 is 1.65 bits per heavy atom. The minimum Gasteiger partial charge on any atom is -0.451 e. The van der Waals surface area contributed by atoms with Crippen LogP contribution in [0.4, 0.5) is 0 Å². The van der Waals surface area contributed by atoms with Crippen molar-refractivity contribution in [3.63, 3.8) is 0 Å². The van der Waals surface area contributed by atoms with Crippen LogP contribution in [0.3, 0.4) is 0 Å². The fourth-order valence-electron chi connectivity index (χ4n) is 3.37. The van der Waals surface area contributed by atoms with Crippen LogP contribution in [0.25, 0.3) is 0 Å². The van der Waals surface area contributed by atoms with Crippen molar-refractivity contribution in [2.24, 2.45) is 0 Å². The van der Waals surface area contributed by atoms with Crippen LogP contribution in [0.5, 0.6) is 0 Å². The molecule has 1 saturated heterocycles. The summed E-state index contributed by atoms with van der Waals surface area (Å²) < 4.78 is 6.09. The molecule has 1 aliphatic heterocycles. The lowest BCUT2D eigenvalue weighted by Gasteiger charge is -2.35. The Bertz CT molecular complexity index is 897. The van der Waals surface area contributed by atoms with E-state index in [0.717, 1.165) is 24.1 Å². The van der Waals surface area contributed by atoms with Crippen LogP contribution in [0.1, 0.15) is 22.8 Å². The number of nitrogens with one attached hydrogen (secondary N) is 1. The molecule has 1 N–H and O–H groups in total. The maximum Gasteiger partial charge on any atom is 0.326 e. The summed E-state index contributed by atoms with van der Waals surface area (Å²) in [5.41, 5.74) is 1.68. The predicted molar refractivity (Wildman–Crippen MR) is 120 cm³/mol. The van der Waals surface area contributed by atoms with Crippen LogP contribution >= 0.6 is 15.9 Å². The molecular formula is C23H26BrN3O4. The first-order chi connectivity index (χ1) is 14.9. The molecule has 1 fully saturated rings. The van der Waals surface area contributed by atoms with Gasteiger partial charge in [0.15, 0.2) is 6.10 Å². The zero-order valence-corrected chi connectivity index (χ0v) is 19.0. The number of rotatable bonds is 7. The lowest BCUT2D eigenvalue weighted by molar-refractivity contribution is -0.159. The van der Waals surface area contributed by atoms with Gasteiger partial charge in [-0.2, -0.15) is 0 Å². The fourth-order valence-corrected chi connectivity index (χ4v) is 3.63. The van der Waals surface area contributed by atoms with Gasteiger partial charge in [-0.05, 0) is 36.8 Å². The van der Waals surface area contributed by atoms with E-state index in [1.807, 2.05) is 18.2 Å². The molecule has 0 aliphatic carbocycles. The number of benzene rings is 2. The van der Waals surface area contributed by atoms with E-state index in [9.17, 15) is 14.4 Å². The Labute approximate surface area is 190 Å². The molecule has 0 aromatic heterocycles. The van der Waals surface area contributed by atoms with Gasteiger partial charge in [-0.15, -0.1) is 0 Å². The molecule has 1 unspecified atom stereocenters. The first-order valence-corrected chi connectivity index (χ1v) is 11.0. The molecule has 164 valence electrons. The second kappa shape index (κ2) is 11.1. The van der Waals surface area contributed by atoms with E-state index in [-0.39, 0.29) is 18.4 Å². The van der Waals surface area contributed by atoms with Gasteiger partial charge in [0.2, 0.25) is 0 Å². The summed E-state index contributed by atoms with van der Waals surface area (Å²) in [4.78, 5) is 40.8. The van der Waals surface area contributed by atoms with Gasteiger partial charge in [0, 0.05) is 42.8 Å². The van der Waals surface area contributed by atoms with E-state index in [0.29, 0.717) is 18.7 Å². The van der Waals surface area contributed by atoms with E-state index < -0.39 is 12.1 Å². The van der Waals surface area contributed by atoms with E-state index in [4.69, 9.17) is 4.74 Å². The average molecular weight is 488 g/mol. The van der Waals surface area contributed by atoms with Crippen molar-refractivity contribution in [3.05, 3.63) is 70.2 Å². The summed E-state index contributed by atoms with van der Waals surface area (Å²) in [7, 11) is 0. The number of nitrogens with zero attached hydrogens (tertiary/aromatic N) is 2. The van der Waals surface area contributed by atoms with Crippen molar-refractivity contribution >= 4 is 33.7 Å². The van der Waals surface area contributed by atoms with E-state index >= 15 is 0 Å². The van der Waals surface area contributed by atoms with Crippen molar-refractivity contribution in [2.45, 2.75) is 19.6 Å². The highest BCUT2D eigenvalue weighted by Gasteiger charge is 2.27. The molecule has 0 radical (unpaired) electrons. The number of ether oxygens (including phenoxy) is 1. The molecule has 2 aromatic rings. The Morgan fingerprint density at radius 1 is 1.00 bits per heavy atom. The van der Waals surface area contributed by atoms with Gasteiger partial charge in [-0.3, -0.25) is 19.3 Å². The first kappa shape index (κ1) is 23.0. The van der Waals surface area contributed by atoms with Crippen molar-refractivity contribution < 1.29 is 19.1 Å². The third-order valence-corrected chi connectivity index (χ3v) is 5.62. The topological polar surface area (TPSA) is 78.9 Å². The van der Waals surface area contributed by atoms with Crippen LogP contribution in [0.15, 0.2) is 59.1 Å². The van der Waals surface area contributed by atoms with Gasteiger partial charge < -0.3 is 15.0 Å². The molecule has 2 aromatic carbocycles. The summed E-state index contributed by atoms with van der Waals surface area (Å²) in [6.45, 7) is 4.84. The van der Waals surface area contributed by atoms with Gasteiger partial charge in [-0.1, -0.05) is 46.3 Å². The zero-order chi connectivity index (χ0) is 22.2. The summed E-state index contributed by atoms with van der Waals surface area (Å²) in [5.74, 6) is -1.24. The van der Waals surface area contributed by atoms with Crippen molar-refractivity contribution in [3.8, 4) is 0 Å². The summed E-state index contributed by atoms with van der Waals surface area (Å²) >= 11 is 3.30. The second-order valence-corrected chi connectivity index (χ2v) is 8.32. The highest BCUT2D eigenvalue weighted by atomic mass is 79.9. The van der Waals surface area contributed by atoms with Crippen LogP contribution in [0, 0.1) is 0 Å². The standard InChI is InChI=1S/C23H26BrN3O4/c1-17(31-21(28)15-25-22(29)19-7-9-20(24)10-8-19)23(30)27-13-11-26(12-14-27)16-18-5-3-2-4-6-18/h2-10,17H,11-16H2,1H3,(H,25,29). The van der Waals surface area contributed by atoms with Gasteiger partial charge in [0.1, 0.15) is 6.54 Å². The molecule has 3 rings (SSSR count). The smallest absolute Gasteiger partial charge is 0.326 e. The van der Waals surface area contributed by atoms with Gasteiger partial charge in [0.25, 0.3) is 11.8 Å². The number of carbonyl (C=O) groups is 3. The highest BCUT2D eigenvalue weighted by Crippen LogP contribution is 2.11. The number of carbonyl (C=O) groups excluding carboxylic acids is 3. The normalized spacial score (nSPS) is 15.2. The molecule has 31 heavy (non-hydrogen) atoms. The third kappa shape index (κ3) is 6.90. The fraction of sp³-hybridized carbons (Fsp3) is 0.348. The SMILES string of the molecule is CC(OC(=O)CNC(=O)c1ccc(Br)cc1)C(=O)N1CCN(Cc2ccccc2)CC1. The van der Waals surface area contributed by atoms with Crippen LogP contribution < -0.4 is 5.32 Å². The minimum absolute atomic E-state index is 0.216. The highest BCUT2D eigenvalue weighted by molar-refractivity contribution is 9.10. The molecule has 0 spiro atoms. The van der Waals surface area contributed by atoms with Crippen molar-refractivity contribution in [1.82, 2.24) is 15.1 Å². The number of amides is 2. The monoisotopic (exact) mass is 487 g/mol. The first-order valence-electron chi connectivity index (χ1n) is 10.2. The molecule has 1 heterocycles. The third-order valence-electron chi connectivity index (χ3n) is 5.09. The van der Waals surface area contributed by atoms with E-state index in [1.165, 1.54) is 5.56 Å². The van der Waals surface area contributed by atoms with Crippen molar-refractivity contribution in [2.75, 3.05) is 32.7 Å². The molecule has 2 amide bonds. The van der Waals surface area contributed by atoms with E-state index in [1.54, 1.807) is 36.1 Å². The van der Waals surface area contributed by atoms with Gasteiger partial charge in [-0.25, -0.2) is 0 Å². The molecule has 0 saturated carbocycles. The molecule has 7 nitrogen and oxygen atoms in total. The number of halogens is 1. The van der Waals surface area contributed by atoms with Crippen LogP contribution in [-0.4, -0.2) is 66.4 Å². The quantitative estimate of drug-likeness (QED) is 0.606. The molecule has 1 atom stereocenters. The lowest BCUT2D eigenvalue weighted by atomic mass is 10.2. The summed E-state index contributed by atoms with van der Waals surface area (Å²) in [6.07, 6.45) is -0.891. The Balaban J connectivity index is 1.39. The minimum atomic E-state index is -0.891. The van der Waals surface area contributed by atoms with Crippen LogP contribution in [-0.2, 0) is 20.9 Å². The Kier molecular flexibility index (Phi) is 8.20. The van der Waals surface area contributed by atoms with E-state index in [2.05, 4.69) is 38.3 Å². The molecule has 1 aliphatic rings. The number of hydrogen-bond donors (Lipinski definition) is 1. The predicted octanol–water partition coefficient (Wildman–Crippen LogP) is 2.46. The zero-order valence-electron chi connectivity index (χ0n) is 17.4. The van der Waals surface area contributed by atoms with Gasteiger partial charge in [0.05, 0.1) is 0 Å². The van der Waals surface area contributed by atoms with Gasteiger partial charge >= 0.3 is 5.97 Å². The summed E-state index contributed by atoms with van der Waals surface area (Å²) in [5, 5.41) is 2.51. The maximum absolute atomic E-state index is 12.6. The lowest BCUT2D eigenvalue weighted by Crippen LogP contribution is -2.51. The number of piperazine rings is 1. The molecular weight excluding hydrogens is 462 g/mol. The average Bonchev–Trinajstić information content (AvgIpc) is 2.78. The molecule has 8 heteroatoms. The Morgan fingerprint density at radius 3 is 2.29 bits per heavy atom. The maximum atomic E-state index is 12.6. The van der Waals surface area contributed by atoms with Crippen molar-refractivity contribution in [1.29, 1.82) is 0 Å². The number of esters is 1. The van der Waals surface area contributed by atoms with Crippen LogP contribution in [0.2, 0.25) is 0 Å². The second-order valence-electron chi connectivity index (χ2n) is 7.41. The number of hydrogen-bond acceptors (Lipinski definition) is 5. The summed E-state index contributed by atoms with van der Waals surface area (Å²) in [6, 6.07) is 17.0. The Hall–Kier alpha value is -2.71.